The summed E-state index contributed by atoms with van der Waals surface area (Å²) in [4.78, 5) is 0. The van der Waals surface area contributed by atoms with Crippen LogP contribution in [-0.2, 0) is 0 Å². The van der Waals surface area contributed by atoms with Crippen LogP contribution < -0.4 is 5.73 Å². The van der Waals surface area contributed by atoms with Crippen molar-refractivity contribution >= 4 is 8.07 Å². The largest absolute Gasteiger partial charge is 0.330 e. The van der Waals surface area contributed by atoms with Gasteiger partial charge in [-0.2, -0.15) is 0 Å². The number of hydrogen-bond donors (Lipinski definition) is 1. The molecule has 0 radical (unpaired) electrons. The van der Waals surface area contributed by atoms with Gasteiger partial charge in [-0.05, 0) is 31.1 Å². The molecule has 2 N–H and O–H groups in total. The molecule has 0 aliphatic heterocycles. The molecular formula is C12H23NSi. The second-order valence-electron chi connectivity index (χ2n) is 3.87. The van der Waals surface area contributed by atoms with Crippen LogP contribution in [0, 0.1) is 0 Å². The Balaban J connectivity index is 4.43. The lowest BCUT2D eigenvalue weighted by molar-refractivity contribution is 0.902. The molecule has 0 bridgehead atoms. The van der Waals surface area contributed by atoms with Crippen LogP contribution in [-0.4, -0.2) is 14.6 Å². The Kier molecular flexibility index (Phi) is 7.43. The van der Waals surface area contributed by atoms with Crippen molar-refractivity contribution in [1.29, 1.82) is 0 Å². The lowest BCUT2D eigenvalue weighted by Gasteiger charge is -2.28. The highest BCUT2D eigenvalue weighted by Gasteiger charge is 2.27. The summed E-state index contributed by atoms with van der Waals surface area (Å²) < 4.78 is 0. The highest BCUT2D eigenvalue weighted by Crippen LogP contribution is 2.28. The second kappa shape index (κ2) is 7.77. The summed E-state index contributed by atoms with van der Waals surface area (Å²) in [6.45, 7) is 12.4. The molecule has 80 valence electrons. The fourth-order valence-electron chi connectivity index (χ4n) is 1.95. The van der Waals surface area contributed by atoms with Gasteiger partial charge in [0.15, 0.2) is 0 Å². The fraction of sp³-hybridized carbons (Fsp3) is 0.500. The van der Waals surface area contributed by atoms with E-state index < -0.39 is 8.07 Å². The molecule has 0 unspecified atom stereocenters. The third-order valence-corrected chi connectivity index (χ3v) is 7.52. The van der Waals surface area contributed by atoms with E-state index in [-0.39, 0.29) is 0 Å². The Morgan fingerprint density at radius 2 is 1.36 bits per heavy atom. The predicted octanol–water partition coefficient (Wildman–Crippen LogP) is 3.34. The molecule has 0 aromatic rings. The molecule has 2 heteroatoms. The third-order valence-electron chi connectivity index (χ3n) is 2.64. The predicted molar refractivity (Wildman–Crippen MR) is 69.2 cm³/mol. The van der Waals surface area contributed by atoms with Crippen molar-refractivity contribution in [3.63, 3.8) is 0 Å². The van der Waals surface area contributed by atoms with Gasteiger partial charge in [-0.15, -0.1) is 19.7 Å². The summed E-state index contributed by atoms with van der Waals surface area (Å²) >= 11 is 0. The van der Waals surface area contributed by atoms with Gasteiger partial charge >= 0.3 is 0 Å². The van der Waals surface area contributed by atoms with Crippen molar-refractivity contribution in [1.82, 2.24) is 0 Å². The van der Waals surface area contributed by atoms with Crippen molar-refractivity contribution in [2.24, 2.45) is 5.73 Å². The molecular weight excluding hydrogens is 186 g/mol. The Hall–Kier alpha value is -0.603. The molecule has 0 fully saturated rings. The van der Waals surface area contributed by atoms with E-state index in [1.54, 1.807) is 0 Å². The van der Waals surface area contributed by atoms with Gasteiger partial charge in [0.1, 0.15) is 0 Å². The van der Waals surface area contributed by atoms with Gasteiger partial charge in [-0.3, -0.25) is 0 Å². The van der Waals surface area contributed by atoms with Crippen LogP contribution in [0.3, 0.4) is 0 Å². The summed E-state index contributed by atoms with van der Waals surface area (Å²) in [5.41, 5.74) is 5.57. The van der Waals surface area contributed by atoms with E-state index in [1.165, 1.54) is 6.04 Å². The first kappa shape index (κ1) is 13.4. The maximum Gasteiger partial charge on any atom is 0.0648 e. The third kappa shape index (κ3) is 4.58. The van der Waals surface area contributed by atoms with Crippen LogP contribution in [0.1, 0.15) is 6.42 Å². The number of allylic oxidation sites excluding steroid dienone is 3. The first-order chi connectivity index (χ1) is 6.74. The second-order valence-corrected chi connectivity index (χ2v) is 8.60. The van der Waals surface area contributed by atoms with Crippen molar-refractivity contribution in [2.45, 2.75) is 30.6 Å². The van der Waals surface area contributed by atoms with Gasteiger partial charge in [0.2, 0.25) is 0 Å². The monoisotopic (exact) mass is 209 g/mol. The van der Waals surface area contributed by atoms with Crippen molar-refractivity contribution < 1.29 is 0 Å². The Morgan fingerprint density at radius 3 is 1.64 bits per heavy atom. The molecule has 0 amide bonds. The van der Waals surface area contributed by atoms with Crippen LogP contribution in [0.15, 0.2) is 38.0 Å². The van der Waals surface area contributed by atoms with E-state index in [9.17, 15) is 0 Å². The molecule has 0 aliphatic rings. The molecule has 0 aromatic heterocycles. The number of nitrogens with two attached hydrogens (primary N) is 1. The van der Waals surface area contributed by atoms with Gasteiger partial charge < -0.3 is 5.73 Å². The number of rotatable bonds is 9. The first-order valence-corrected chi connectivity index (χ1v) is 8.10. The summed E-state index contributed by atoms with van der Waals surface area (Å²) in [6, 6.07) is 4.74. The summed E-state index contributed by atoms with van der Waals surface area (Å²) in [6.07, 6.45) is 7.28. The lowest BCUT2D eigenvalue weighted by atomic mass is 10.5. The minimum Gasteiger partial charge on any atom is -0.330 e. The van der Waals surface area contributed by atoms with Gasteiger partial charge in [-0.25, -0.2) is 0 Å². The van der Waals surface area contributed by atoms with Gasteiger partial charge in [-0.1, -0.05) is 24.3 Å². The zero-order chi connectivity index (χ0) is 10.9. The van der Waals surface area contributed by atoms with Crippen molar-refractivity contribution in [3.8, 4) is 0 Å². The van der Waals surface area contributed by atoms with Crippen molar-refractivity contribution in [2.75, 3.05) is 6.54 Å². The molecule has 0 saturated heterocycles. The first-order valence-electron chi connectivity index (χ1n) is 5.27. The standard InChI is InChI=1S/C12H23NSi/c1-4-9-14(10-5-2,11-6-3)12-7-8-13/h4-6H,1-3,7-13H2. The molecule has 0 saturated carbocycles. The Bertz CT molecular complexity index is 160. The minimum absolute atomic E-state index is 0.792. The maximum absolute atomic E-state index is 5.57. The molecule has 0 atom stereocenters. The highest BCUT2D eigenvalue weighted by atomic mass is 28.3. The Labute approximate surface area is 89.4 Å². The van der Waals surface area contributed by atoms with Crippen molar-refractivity contribution in [3.05, 3.63) is 38.0 Å². The average molecular weight is 209 g/mol. The number of hydrogen-bond acceptors (Lipinski definition) is 1. The summed E-state index contributed by atoms with van der Waals surface area (Å²) in [7, 11) is -1.25. The zero-order valence-electron chi connectivity index (χ0n) is 9.17. The minimum atomic E-state index is -1.25. The van der Waals surface area contributed by atoms with Crippen LogP contribution >= 0.6 is 0 Å². The molecule has 0 heterocycles. The van der Waals surface area contributed by atoms with Crippen LogP contribution in [0.2, 0.25) is 24.2 Å². The molecule has 0 rings (SSSR count). The fourth-order valence-corrected chi connectivity index (χ4v) is 5.86. The molecule has 0 spiro atoms. The van der Waals surface area contributed by atoms with Gasteiger partial charge in [0.25, 0.3) is 0 Å². The van der Waals surface area contributed by atoms with E-state index in [2.05, 4.69) is 38.0 Å². The van der Waals surface area contributed by atoms with E-state index in [0.29, 0.717) is 0 Å². The summed E-state index contributed by atoms with van der Waals surface area (Å²) in [5.74, 6) is 0. The Morgan fingerprint density at radius 1 is 0.929 bits per heavy atom. The van der Waals surface area contributed by atoms with E-state index in [0.717, 1.165) is 31.1 Å². The maximum atomic E-state index is 5.57. The average Bonchev–Trinajstić information content (AvgIpc) is 2.16. The summed E-state index contributed by atoms with van der Waals surface area (Å²) in [5, 5.41) is 0. The van der Waals surface area contributed by atoms with Gasteiger partial charge in [0.05, 0.1) is 8.07 Å². The molecule has 14 heavy (non-hydrogen) atoms. The smallest absolute Gasteiger partial charge is 0.0648 e. The topological polar surface area (TPSA) is 26.0 Å². The van der Waals surface area contributed by atoms with Crippen LogP contribution in [0.4, 0.5) is 0 Å². The SMILES string of the molecule is C=CC[Si](CC=C)(CC=C)CCCN. The molecule has 0 aliphatic carbocycles. The van der Waals surface area contributed by atoms with E-state index in [4.69, 9.17) is 5.73 Å². The van der Waals surface area contributed by atoms with Crippen LogP contribution in [0.25, 0.3) is 0 Å². The quantitative estimate of drug-likeness (QED) is 0.457. The van der Waals surface area contributed by atoms with E-state index in [1.807, 2.05) is 0 Å². The van der Waals surface area contributed by atoms with Crippen LogP contribution in [0.5, 0.6) is 0 Å². The van der Waals surface area contributed by atoms with Gasteiger partial charge in [0, 0.05) is 0 Å². The zero-order valence-corrected chi connectivity index (χ0v) is 10.2. The molecule has 0 aromatic carbocycles. The van der Waals surface area contributed by atoms with E-state index >= 15 is 0 Å². The highest BCUT2D eigenvalue weighted by molar-refractivity contribution is 6.81. The normalized spacial score (nSPS) is 10.9. The lowest BCUT2D eigenvalue weighted by Crippen LogP contribution is -2.32. The molecule has 1 nitrogen and oxygen atoms in total.